The first kappa shape index (κ1) is 16.4. The van der Waals surface area contributed by atoms with Crippen LogP contribution in [0.1, 0.15) is 41.1 Å². The van der Waals surface area contributed by atoms with Crippen LogP contribution < -0.4 is 5.32 Å². The van der Waals surface area contributed by atoms with E-state index in [1.165, 1.54) is 18.8 Å². The average molecular weight is 348 g/mol. The minimum absolute atomic E-state index is 0.279. The SMILES string of the molecule is Cc1ccc(-c2nnc3n2CCCCC3)cc1NC(=O)c1cnccn1. The normalized spacial score (nSPS) is 13.7. The summed E-state index contributed by atoms with van der Waals surface area (Å²) in [6.45, 7) is 2.90. The topological polar surface area (TPSA) is 85.6 Å². The molecule has 0 spiro atoms. The number of nitrogens with zero attached hydrogens (tertiary/aromatic N) is 5. The molecule has 0 radical (unpaired) electrons. The van der Waals surface area contributed by atoms with Crippen molar-refractivity contribution in [3.63, 3.8) is 0 Å². The van der Waals surface area contributed by atoms with Crippen molar-refractivity contribution in [3.05, 3.63) is 53.9 Å². The summed E-state index contributed by atoms with van der Waals surface area (Å²) in [4.78, 5) is 20.4. The lowest BCUT2D eigenvalue weighted by Gasteiger charge is -2.11. The number of benzene rings is 1. The van der Waals surface area contributed by atoms with E-state index in [4.69, 9.17) is 0 Å². The Morgan fingerprint density at radius 3 is 2.92 bits per heavy atom. The predicted octanol–water partition coefficient (Wildman–Crippen LogP) is 3.02. The van der Waals surface area contributed by atoms with E-state index < -0.39 is 0 Å². The Kier molecular flexibility index (Phi) is 4.43. The molecule has 1 aliphatic rings. The fraction of sp³-hybridized carbons (Fsp3) is 0.316. The van der Waals surface area contributed by atoms with E-state index in [-0.39, 0.29) is 11.6 Å². The molecular weight excluding hydrogens is 328 g/mol. The molecule has 1 aromatic carbocycles. The summed E-state index contributed by atoms with van der Waals surface area (Å²) in [5, 5.41) is 11.7. The van der Waals surface area contributed by atoms with Gasteiger partial charge in [0.15, 0.2) is 5.82 Å². The van der Waals surface area contributed by atoms with E-state index in [9.17, 15) is 4.79 Å². The molecule has 4 rings (SSSR count). The van der Waals surface area contributed by atoms with Crippen LogP contribution >= 0.6 is 0 Å². The molecule has 0 aliphatic carbocycles. The summed E-state index contributed by atoms with van der Waals surface area (Å²) in [5.41, 5.74) is 2.95. The number of hydrogen-bond acceptors (Lipinski definition) is 5. The third-order valence-corrected chi connectivity index (χ3v) is 4.65. The highest BCUT2D eigenvalue weighted by Crippen LogP contribution is 2.27. The van der Waals surface area contributed by atoms with Gasteiger partial charge in [-0.05, 0) is 31.4 Å². The fourth-order valence-electron chi connectivity index (χ4n) is 3.20. The van der Waals surface area contributed by atoms with Crippen LogP contribution in [-0.2, 0) is 13.0 Å². The molecule has 7 nitrogen and oxygen atoms in total. The van der Waals surface area contributed by atoms with Crippen LogP contribution in [0.3, 0.4) is 0 Å². The number of fused-ring (bicyclic) bond motifs is 1. The summed E-state index contributed by atoms with van der Waals surface area (Å²) in [6.07, 6.45) is 8.98. The van der Waals surface area contributed by atoms with Gasteiger partial charge in [-0.1, -0.05) is 18.6 Å². The summed E-state index contributed by atoms with van der Waals surface area (Å²) in [7, 11) is 0. The Morgan fingerprint density at radius 2 is 2.08 bits per heavy atom. The van der Waals surface area contributed by atoms with Gasteiger partial charge in [0.1, 0.15) is 11.5 Å². The van der Waals surface area contributed by atoms with E-state index in [0.717, 1.165) is 54.3 Å². The van der Waals surface area contributed by atoms with Crippen LogP contribution in [-0.4, -0.2) is 30.6 Å². The second-order valence-electron chi connectivity index (χ2n) is 6.48. The van der Waals surface area contributed by atoms with E-state index in [1.807, 2.05) is 25.1 Å². The molecule has 3 aromatic rings. The molecule has 132 valence electrons. The molecule has 0 saturated heterocycles. The summed E-state index contributed by atoms with van der Waals surface area (Å²) in [6, 6.07) is 5.96. The number of carbonyl (C=O) groups is 1. The highest BCUT2D eigenvalue weighted by atomic mass is 16.1. The van der Waals surface area contributed by atoms with Crippen molar-refractivity contribution in [2.24, 2.45) is 0 Å². The van der Waals surface area contributed by atoms with Crippen LogP contribution in [0.15, 0.2) is 36.8 Å². The first-order valence-electron chi connectivity index (χ1n) is 8.83. The molecule has 0 saturated carbocycles. The zero-order valence-electron chi connectivity index (χ0n) is 14.6. The number of aromatic nitrogens is 5. The molecule has 7 heteroatoms. The smallest absolute Gasteiger partial charge is 0.275 e. The van der Waals surface area contributed by atoms with E-state index in [1.54, 1.807) is 6.20 Å². The lowest BCUT2D eigenvalue weighted by atomic mass is 10.1. The predicted molar refractivity (Wildman–Crippen MR) is 97.7 cm³/mol. The van der Waals surface area contributed by atoms with Crippen molar-refractivity contribution < 1.29 is 4.79 Å². The lowest BCUT2D eigenvalue weighted by Crippen LogP contribution is -2.14. The van der Waals surface area contributed by atoms with Gasteiger partial charge in [0.2, 0.25) is 0 Å². The molecule has 26 heavy (non-hydrogen) atoms. The molecule has 1 aliphatic heterocycles. The van der Waals surface area contributed by atoms with Crippen molar-refractivity contribution in [2.45, 2.75) is 39.2 Å². The average Bonchev–Trinajstić information content (AvgIpc) is 2.92. The second kappa shape index (κ2) is 7.03. The molecule has 1 amide bonds. The summed E-state index contributed by atoms with van der Waals surface area (Å²) < 4.78 is 2.20. The Labute approximate surface area is 151 Å². The molecule has 1 N–H and O–H groups in total. The van der Waals surface area contributed by atoms with E-state index >= 15 is 0 Å². The van der Waals surface area contributed by atoms with Gasteiger partial charge < -0.3 is 9.88 Å². The molecular formula is C19H20N6O. The Bertz CT molecular complexity index is 934. The van der Waals surface area contributed by atoms with Crippen molar-refractivity contribution >= 4 is 11.6 Å². The van der Waals surface area contributed by atoms with Crippen LogP contribution in [0.5, 0.6) is 0 Å². The molecule has 0 unspecified atom stereocenters. The summed E-state index contributed by atoms with van der Waals surface area (Å²) in [5.74, 6) is 1.62. The summed E-state index contributed by atoms with van der Waals surface area (Å²) >= 11 is 0. The highest BCUT2D eigenvalue weighted by molar-refractivity contribution is 6.03. The largest absolute Gasteiger partial charge is 0.320 e. The van der Waals surface area contributed by atoms with Gasteiger partial charge in [-0.15, -0.1) is 10.2 Å². The van der Waals surface area contributed by atoms with Gasteiger partial charge >= 0.3 is 0 Å². The van der Waals surface area contributed by atoms with Gasteiger partial charge in [-0.2, -0.15) is 0 Å². The van der Waals surface area contributed by atoms with E-state index in [0.29, 0.717) is 0 Å². The molecule has 2 aromatic heterocycles. The monoisotopic (exact) mass is 348 g/mol. The van der Waals surface area contributed by atoms with E-state index in [2.05, 4.69) is 30.0 Å². The fourth-order valence-corrected chi connectivity index (χ4v) is 3.20. The minimum atomic E-state index is -0.279. The highest BCUT2D eigenvalue weighted by Gasteiger charge is 2.17. The number of hydrogen-bond donors (Lipinski definition) is 1. The van der Waals surface area contributed by atoms with Crippen LogP contribution in [0, 0.1) is 6.92 Å². The quantitative estimate of drug-likeness (QED) is 0.786. The van der Waals surface area contributed by atoms with Gasteiger partial charge in [0.25, 0.3) is 5.91 Å². The number of rotatable bonds is 3. The minimum Gasteiger partial charge on any atom is -0.320 e. The van der Waals surface area contributed by atoms with Crippen LogP contribution in [0.25, 0.3) is 11.4 Å². The molecule has 0 fully saturated rings. The maximum Gasteiger partial charge on any atom is 0.275 e. The Balaban J connectivity index is 1.65. The number of nitrogens with one attached hydrogen (secondary N) is 1. The van der Waals surface area contributed by atoms with Crippen molar-refractivity contribution in [1.82, 2.24) is 24.7 Å². The molecule has 0 atom stereocenters. The molecule has 3 heterocycles. The number of aryl methyl sites for hydroxylation is 2. The van der Waals surface area contributed by atoms with Crippen molar-refractivity contribution in [3.8, 4) is 11.4 Å². The van der Waals surface area contributed by atoms with Gasteiger partial charge in [-0.3, -0.25) is 9.78 Å². The maximum absolute atomic E-state index is 12.4. The van der Waals surface area contributed by atoms with Gasteiger partial charge in [0.05, 0.1) is 6.20 Å². The number of amides is 1. The Hall–Kier alpha value is -3.09. The zero-order valence-corrected chi connectivity index (χ0v) is 14.6. The first-order chi connectivity index (χ1) is 12.7. The second-order valence-corrected chi connectivity index (χ2v) is 6.48. The van der Waals surface area contributed by atoms with Crippen LogP contribution in [0.2, 0.25) is 0 Å². The van der Waals surface area contributed by atoms with Gasteiger partial charge in [0, 0.05) is 36.6 Å². The first-order valence-corrected chi connectivity index (χ1v) is 8.83. The van der Waals surface area contributed by atoms with Gasteiger partial charge in [-0.25, -0.2) is 4.98 Å². The number of carbonyl (C=O) groups excluding carboxylic acids is 1. The van der Waals surface area contributed by atoms with Crippen molar-refractivity contribution in [1.29, 1.82) is 0 Å². The Morgan fingerprint density at radius 1 is 1.15 bits per heavy atom. The maximum atomic E-state index is 12.4. The third kappa shape index (κ3) is 3.20. The van der Waals surface area contributed by atoms with Crippen molar-refractivity contribution in [2.75, 3.05) is 5.32 Å². The lowest BCUT2D eigenvalue weighted by molar-refractivity contribution is 0.102. The molecule has 0 bridgehead atoms. The standard InChI is InChI=1S/C19H20N6O/c1-13-6-7-14(18-24-23-17-5-3-2-4-10-25(17)18)11-15(13)22-19(26)16-12-20-8-9-21-16/h6-9,11-12H,2-5,10H2,1H3,(H,22,26). The zero-order chi connectivity index (χ0) is 17.9. The third-order valence-electron chi connectivity index (χ3n) is 4.65. The number of anilines is 1. The van der Waals surface area contributed by atoms with Crippen LogP contribution in [0.4, 0.5) is 5.69 Å².